The third-order valence-corrected chi connectivity index (χ3v) is 3.82. The molecular weight excluding hydrogens is 292 g/mol. The van der Waals surface area contributed by atoms with Crippen LogP contribution in [0.15, 0.2) is 28.8 Å². The van der Waals surface area contributed by atoms with Crippen LogP contribution in [0, 0.1) is 5.92 Å². The van der Waals surface area contributed by atoms with E-state index in [-0.39, 0.29) is 5.91 Å². The van der Waals surface area contributed by atoms with Gasteiger partial charge in [-0.2, -0.15) is 0 Å². The topological polar surface area (TPSA) is 64.4 Å². The molecule has 0 bridgehead atoms. The molecule has 1 amide bonds. The summed E-state index contributed by atoms with van der Waals surface area (Å²) >= 11 is 0. The highest BCUT2D eigenvalue weighted by molar-refractivity contribution is 5.94. The second kappa shape index (κ2) is 6.86. The second-order valence-electron chi connectivity index (χ2n) is 6.34. The van der Waals surface area contributed by atoms with Crippen LogP contribution in [0.1, 0.15) is 47.6 Å². The molecule has 1 aliphatic rings. The first kappa shape index (κ1) is 15.6. The minimum Gasteiger partial charge on any atom is -0.493 e. The van der Waals surface area contributed by atoms with Gasteiger partial charge in [0.15, 0.2) is 0 Å². The van der Waals surface area contributed by atoms with Gasteiger partial charge < -0.3 is 14.6 Å². The fourth-order valence-electron chi connectivity index (χ4n) is 2.71. The molecule has 0 spiro atoms. The van der Waals surface area contributed by atoms with Crippen LogP contribution in [-0.2, 0) is 19.4 Å². The summed E-state index contributed by atoms with van der Waals surface area (Å²) in [6, 6.07) is 7.49. The highest BCUT2D eigenvalue weighted by Gasteiger charge is 2.14. The molecular formula is C18H22N2O3. The van der Waals surface area contributed by atoms with E-state index >= 15 is 0 Å². The Labute approximate surface area is 136 Å². The van der Waals surface area contributed by atoms with Crippen molar-refractivity contribution in [2.24, 2.45) is 5.92 Å². The first-order valence-corrected chi connectivity index (χ1v) is 8.10. The monoisotopic (exact) mass is 314 g/mol. The van der Waals surface area contributed by atoms with Gasteiger partial charge in [-0.1, -0.05) is 19.0 Å². The van der Waals surface area contributed by atoms with E-state index in [1.54, 1.807) is 6.07 Å². The molecule has 1 aromatic carbocycles. The molecule has 5 heteroatoms. The van der Waals surface area contributed by atoms with Crippen molar-refractivity contribution in [2.75, 3.05) is 6.61 Å². The van der Waals surface area contributed by atoms with E-state index in [2.05, 4.69) is 24.3 Å². The molecule has 0 saturated heterocycles. The number of rotatable bonds is 5. The maximum Gasteiger partial charge on any atom is 0.251 e. The number of nitrogens with one attached hydrogen (secondary N) is 1. The summed E-state index contributed by atoms with van der Waals surface area (Å²) in [6.45, 7) is 5.38. The lowest BCUT2D eigenvalue weighted by Gasteiger charge is -2.17. The molecule has 23 heavy (non-hydrogen) atoms. The Balaban J connectivity index is 1.60. The van der Waals surface area contributed by atoms with E-state index in [4.69, 9.17) is 9.26 Å². The zero-order valence-corrected chi connectivity index (χ0v) is 13.6. The van der Waals surface area contributed by atoms with Crippen molar-refractivity contribution in [3.05, 3.63) is 46.8 Å². The van der Waals surface area contributed by atoms with Crippen molar-refractivity contribution < 1.29 is 14.1 Å². The number of ether oxygens (including phenoxy) is 1. The Bertz CT molecular complexity index is 691. The van der Waals surface area contributed by atoms with Gasteiger partial charge in [0, 0.05) is 18.1 Å². The normalized spacial score (nSPS) is 13.5. The van der Waals surface area contributed by atoms with Crippen LogP contribution in [0.3, 0.4) is 0 Å². The van der Waals surface area contributed by atoms with Crippen LogP contribution in [0.4, 0.5) is 0 Å². The van der Waals surface area contributed by atoms with Crippen LogP contribution in [-0.4, -0.2) is 17.7 Å². The summed E-state index contributed by atoms with van der Waals surface area (Å²) < 4.78 is 10.8. The smallest absolute Gasteiger partial charge is 0.251 e. The zero-order chi connectivity index (χ0) is 16.2. The summed E-state index contributed by atoms with van der Waals surface area (Å²) in [4.78, 5) is 12.3. The highest BCUT2D eigenvalue weighted by atomic mass is 16.5. The van der Waals surface area contributed by atoms with Crippen molar-refractivity contribution in [2.45, 2.75) is 39.7 Å². The summed E-state index contributed by atoms with van der Waals surface area (Å²) in [5.74, 6) is 2.16. The Morgan fingerprint density at radius 2 is 2.22 bits per heavy atom. The number of amides is 1. The molecule has 2 aromatic rings. The van der Waals surface area contributed by atoms with Gasteiger partial charge in [0.2, 0.25) is 0 Å². The number of nitrogens with zero attached hydrogens (tertiary/aromatic N) is 1. The van der Waals surface area contributed by atoms with Crippen LogP contribution in [0.25, 0.3) is 0 Å². The van der Waals surface area contributed by atoms with Crippen LogP contribution < -0.4 is 10.1 Å². The maximum atomic E-state index is 12.3. The largest absolute Gasteiger partial charge is 0.493 e. The van der Waals surface area contributed by atoms with Gasteiger partial charge in [0.1, 0.15) is 17.2 Å². The summed E-state index contributed by atoms with van der Waals surface area (Å²) in [6.07, 6.45) is 2.81. The van der Waals surface area contributed by atoms with Gasteiger partial charge in [-0.25, -0.2) is 0 Å². The van der Waals surface area contributed by atoms with E-state index in [0.29, 0.717) is 18.0 Å². The van der Waals surface area contributed by atoms with Gasteiger partial charge in [-0.05, 0) is 42.5 Å². The zero-order valence-electron chi connectivity index (χ0n) is 13.6. The molecule has 2 heterocycles. The predicted molar refractivity (Wildman–Crippen MR) is 86.5 cm³/mol. The summed E-state index contributed by atoms with van der Waals surface area (Å²) in [5.41, 5.74) is 2.50. The van der Waals surface area contributed by atoms with E-state index < -0.39 is 0 Å². The van der Waals surface area contributed by atoms with Crippen molar-refractivity contribution >= 4 is 5.91 Å². The maximum absolute atomic E-state index is 12.3. The van der Waals surface area contributed by atoms with Gasteiger partial charge >= 0.3 is 0 Å². The predicted octanol–water partition coefficient (Wildman–Crippen LogP) is 3.13. The SMILES string of the molecule is CC(C)Cc1cc(CNC(=O)c2ccc3c(c2)CCCO3)no1. The lowest BCUT2D eigenvalue weighted by molar-refractivity contribution is 0.0950. The van der Waals surface area contributed by atoms with Gasteiger partial charge in [-0.15, -0.1) is 0 Å². The standard InChI is InChI=1S/C18H22N2O3/c1-12(2)8-16-10-15(20-23-16)11-19-18(21)14-5-6-17-13(9-14)4-3-7-22-17/h5-6,9-10,12H,3-4,7-8,11H2,1-2H3,(H,19,21). The molecule has 1 aliphatic heterocycles. The average molecular weight is 314 g/mol. The quantitative estimate of drug-likeness (QED) is 0.921. The van der Waals surface area contributed by atoms with Crippen molar-refractivity contribution in [1.29, 1.82) is 0 Å². The van der Waals surface area contributed by atoms with E-state index in [1.165, 1.54) is 0 Å². The molecule has 1 aromatic heterocycles. The number of benzene rings is 1. The number of hydrogen-bond donors (Lipinski definition) is 1. The molecule has 0 aliphatic carbocycles. The lowest BCUT2D eigenvalue weighted by atomic mass is 10.0. The molecule has 0 radical (unpaired) electrons. The molecule has 122 valence electrons. The fourth-order valence-corrected chi connectivity index (χ4v) is 2.71. The summed E-state index contributed by atoms with van der Waals surface area (Å²) in [5, 5.41) is 6.88. The number of fused-ring (bicyclic) bond motifs is 1. The van der Waals surface area contributed by atoms with Crippen LogP contribution in [0.5, 0.6) is 5.75 Å². The van der Waals surface area contributed by atoms with Gasteiger partial charge in [0.25, 0.3) is 5.91 Å². The highest BCUT2D eigenvalue weighted by Crippen LogP contribution is 2.25. The van der Waals surface area contributed by atoms with Crippen molar-refractivity contribution in [3.8, 4) is 5.75 Å². The number of aryl methyl sites for hydroxylation is 1. The van der Waals surface area contributed by atoms with Crippen LogP contribution >= 0.6 is 0 Å². The first-order chi connectivity index (χ1) is 11.1. The van der Waals surface area contributed by atoms with Crippen LogP contribution in [0.2, 0.25) is 0 Å². The third kappa shape index (κ3) is 3.92. The number of hydrogen-bond acceptors (Lipinski definition) is 4. The van der Waals surface area contributed by atoms with E-state index in [1.807, 2.05) is 18.2 Å². The Kier molecular flexibility index (Phi) is 4.65. The van der Waals surface area contributed by atoms with Crippen molar-refractivity contribution in [3.63, 3.8) is 0 Å². The fraction of sp³-hybridized carbons (Fsp3) is 0.444. The van der Waals surface area contributed by atoms with E-state index in [0.717, 1.165) is 48.6 Å². The minimum absolute atomic E-state index is 0.105. The summed E-state index contributed by atoms with van der Waals surface area (Å²) in [7, 11) is 0. The van der Waals surface area contributed by atoms with Gasteiger partial charge in [0.05, 0.1) is 13.2 Å². The lowest BCUT2D eigenvalue weighted by Crippen LogP contribution is -2.23. The average Bonchev–Trinajstić information content (AvgIpc) is 2.98. The van der Waals surface area contributed by atoms with Crippen molar-refractivity contribution in [1.82, 2.24) is 10.5 Å². The molecule has 1 N–H and O–H groups in total. The molecule has 5 nitrogen and oxygen atoms in total. The molecule has 0 fully saturated rings. The Morgan fingerprint density at radius 3 is 3.04 bits per heavy atom. The molecule has 3 rings (SSSR count). The second-order valence-corrected chi connectivity index (χ2v) is 6.34. The Morgan fingerprint density at radius 1 is 1.35 bits per heavy atom. The Hall–Kier alpha value is -2.30. The third-order valence-electron chi connectivity index (χ3n) is 3.82. The number of carbonyl (C=O) groups excluding carboxylic acids is 1. The first-order valence-electron chi connectivity index (χ1n) is 8.10. The molecule has 0 atom stereocenters. The minimum atomic E-state index is -0.105. The molecule has 0 unspecified atom stereocenters. The van der Waals surface area contributed by atoms with E-state index in [9.17, 15) is 4.79 Å². The van der Waals surface area contributed by atoms with Gasteiger partial charge in [-0.3, -0.25) is 4.79 Å². The number of aromatic nitrogens is 1. The number of carbonyl (C=O) groups is 1. The molecule has 0 saturated carbocycles.